The fraction of sp³-hybridized carbons (Fsp3) is 0.500. The molecule has 2 nitrogen and oxygen atoms in total. The molecule has 1 saturated heterocycles. The molecule has 76 valence electrons. The zero-order valence-corrected chi connectivity index (χ0v) is 8.88. The zero-order chi connectivity index (χ0) is 10.1. The van der Waals surface area contributed by atoms with Crippen LogP contribution in [0, 0.1) is 13.8 Å². The summed E-state index contributed by atoms with van der Waals surface area (Å²) in [7, 11) is 0. The van der Waals surface area contributed by atoms with Crippen molar-refractivity contribution in [3.63, 3.8) is 0 Å². The van der Waals surface area contributed by atoms with Crippen molar-refractivity contribution in [3.8, 4) is 0 Å². The van der Waals surface area contributed by atoms with Gasteiger partial charge >= 0.3 is 0 Å². The molecule has 1 fully saturated rings. The lowest BCUT2D eigenvalue weighted by molar-refractivity contribution is 0.653. The Hall–Kier alpha value is -0.860. The Morgan fingerprint density at radius 2 is 2.00 bits per heavy atom. The highest BCUT2D eigenvalue weighted by Crippen LogP contribution is 2.23. The molecule has 0 spiro atoms. The van der Waals surface area contributed by atoms with E-state index in [0.29, 0.717) is 5.92 Å². The van der Waals surface area contributed by atoms with Gasteiger partial charge in [-0.05, 0) is 30.5 Å². The minimum atomic E-state index is 0.275. The molecule has 1 aliphatic heterocycles. The van der Waals surface area contributed by atoms with Crippen LogP contribution >= 0.6 is 0 Å². The second-order valence-electron chi connectivity index (χ2n) is 4.27. The summed E-state index contributed by atoms with van der Waals surface area (Å²) in [4.78, 5) is 0. The molecule has 2 atom stereocenters. The van der Waals surface area contributed by atoms with Crippen molar-refractivity contribution in [2.75, 3.05) is 13.1 Å². The molecule has 2 unspecified atom stereocenters. The Labute approximate surface area is 85.5 Å². The van der Waals surface area contributed by atoms with E-state index in [4.69, 9.17) is 5.73 Å². The Balaban J connectivity index is 2.28. The maximum Gasteiger partial charge on any atom is 0.0247 e. The number of hydrogen-bond donors (Lipinski definition) is 2. The minimum Gasteiger partial charge on any atom is -0.326 e. The second kappa shape index (κ2) is 3.71. The molecule has 1 aromatic carbocycles. The van der Waals surface area contributed by atoms with Gasteiger partial charge in [0.25, 0.3) is 0 Å². The number of benzene rings is 1. The lowest BCUT2D eigenvalue weighted by Gasteiger charge is -2.15. The molecule has 14 heavy (non-hydrogen) atoms. The number of nitrogens with one attached hydrogen (secondary N) is 1. The normalized spacial score (nSPS) is 26.8. The van der Waals surface area contributed by atoms with E-state index in [0.717, 1.165) is 13.1 Å². The van der Waals surface area contributed by atoms with Gasteiger partial charge in [-0.15, -0.1) is 0 Å². The van der Waals surface area contributed by atoms with E-state index in [1.165, 1.54) is 16.7 Å². The van der Waals surface area contributed by atoms with Crippen molar-refractivity contribution < 1.29 is 0 Å². The van der Waals surface area contributed by atoms with E-state index in [9.17, 15) is 0 Å². The molecule has 1 aliphatic rings. The van der Waals surface area contributed by atoms with Crippen LogP contribution in [0.5, 0.6) is 0 Å². The summed E-state index contributed by atoms with van der Waals surface area (Å²) in [5.74, 6) is 0.495. The molecule has 1 heterocycles. The van der Waals surface area contributed by atoms with Crippen LogP contribution in [0.4, 0.5) is 0 Å². The number of nitrogens with two attached hydrogens (primary N) is 1. The first kappa shape index (κ1) is 9.69. The van der Waals surface area contributed by atoms with Crippen LogP contribution in [0.2, 0.25) is 0 Å². The third-order valence-electron chi connectivity index (χ3n) is 3.22. The molecule has 0 saturated carbocycles. The van der Waals surface area contributed by atoms with E-state index in [1.54, 1.807) is 0 Å². The van der Waals surface area contributed by atoms with E-state index >= 15 is 0 Å². The lowest BCUT2D eigenvalue weighted by atomic mass is 9.92. The Morgan fingerprint density at radius 3 is 2.57 bits per heavy atom. The van der Waals surface area contributed by atoms with Gasteiger partial charge in [0.2, 0.25) is 0 Å². The molecular weight excluding hydrogens is 172 g/mol. The maximum absolute atomic E-state index is 6.04. The van der Waals surface area contributed by atoms with Crippen LogP contribution in [0.25, 0.3) is 0 Å². The van der Waals surface area contributed by atoms with Crippen LogP contribution in [0.3, 0.4) is 0 Å². The average molecular weight is 190 g/mol. The smallest absolute Gasteiger partial charge is 0.0247 e. The van der Waals surface area contributed by atoms with Crippen LogP contribution in [-0.4, -0.2) is 19.1 Å². The van der Waals surface area contributed by atoms with Crippen molar-refractivity contribution >= 4 is 0 Å². The monoisotopic (exact) mass is 190 g/mol. The van der Waals surface area contributed by atoms with Gasteiger partial charge in [-0.1, -0.05) is 18.2 Å². The molecule has 0 bridgehead atoms. The van der Waals surface area contributed by atoms with Gasteiger partial charge in [-0.3, -0.25) is 0 Å². The van der Waals surface area contributed by atoms with Crippen molar-refractivity contribution in [3.05, 3.63) is 34.9 Å². The van der Waals surface area contributed by atoms with Gasteiger partial charge in [-0.25, -0.2) is 0 Å². The quantitative estimate of drug-likeness (QED) is 0.701. The molecule has 2 heteroatoms. The highest BCUT2D eigenvalue weighted by molar-refractivity contribution is 5.33. The van der Waals surface area contributed by atoms with Gasteiger partial charge in [0.15, 0.2) is 0 Å². The molecule has 0 radical (unpaired) electrons. The van der Waals surface area contributed by atoms with Crippen molar-refractivity contribution in [1.29, 1.82) is 0 Å². The van der Waals surface area contributed by atoms with Gasteiger partial charge in [0.05, 0.1) is 0 Å². The Bertz CT molecular complexity index is 333. The molecular formula is C12H18N2. The number of aryl methyl sites for hydroxylation is 2. The molecule has 3 N–H and O–H groups in total. The zero-order valence-electron chi connectivity index (χ0n) is 8.88. The predicted octanol–water partition coefficient (Wildman–Crippen LogP) is 1.32. The van der Waals surface area contributed by atoms with E-state index in [2.05, 4.69) is 37.4 Å². The maximum atomic E-state index is 6.04. The molecule has 0 aromatic heterocycles. The highest BCUT2D eigenvalue weighted by Gasteiger charge is 2.24. The first-order valence-corrected chi connectivity index (χ1v) is 5.22. The van der Waals surface area contributed by atoms with Gasteiger partial charge in [0.1, 0.15) is 0 Å². The largest absolute Gasteiger partial charge is 0.326 e. The van der Waals surface area contributed by atoms with Crippen LogP contribution in [0.15, 0.2) is 18.2 Å². The summed E-state index contributed by atoms with van der Waals surface area (Å²) >= 11 is 0. The molecule has 1 aromatic rings. The third kappa shape index (κ3) is 1.68. The van der Waals surface area contributed by atoms with Crippen molar-refractivity contribution in [2.45, 2.75) is 25.8 Å². The predicted molar refractivity (Wildman–Crippen MR) is 59.5 cm³/mol. The fourth-order valence-corrected chi connectivity index (χ4v) is 2.06. The van der Waals surface area contributed by atoms with Crippen LogP contribution < -0.4 is 11.1 Å². The average Bonchev–Trinajstić information content (AvgIpc) is 2.57. The SMILES string of the molecule is Cc1ccc(C2CNCC2N)cc1C. The van der Waals surface area contributed by atoms with E-state index in [-0.39, 0.29) is 6.04 Å². The number of rotatable bonds is 1. The van der Waals surface area contributed by atoms with E-state index < -0.39 is 0 Å². The molecule has 2 rings (SSSR count). The minimum absolute atomic E-state index is 0.275. The van der Waals surface area contributed by atoms with Crippen LogP contribution in [-0.2, 0) is 0 Å². The molecule has 0 amide bonds. The van der Waals surface area contributed by atoms with Gasteiger partial charge in [0, 0.05) is 25.0 Å². The number of hydrogen-bond acceptors (Lipinski definition) is 2. The van der Waals surface area contributed by atoms with Crippen LogP contribution in [0.1, 0.15) is 22.6 Å². The summed E-state index contributed by atoms with van der Waals surface area (Å²) in [5, 5.41) is 3.33. The summed E-state index contributed by atoms with van der Waals surface area (Å²) in [6.45, 7) is 6.26. The van der Waals surface area contributed by atoms with E-state index in [1.807, 2.05) is 0 Å². The summed E-state index contributed by atoms with van der Waals surface area (Å²) in [6.07, 6.45) is 0. The fourth-order valence-electron chi connectivity index (χ4n) is 2.06. The highest BCUT2D eigenvalue weighted by atomic mass is 15.0. The lowest BCUT2D eigenvalue weighted by Crippen LogP contribution is -2.27. The Kier molecular flexibility index (Phi) is 2.57. The van der Waals surface area contributed by atoms with Gasteiger partial charge in [-0.2, -0.15) is 0 Å². The van der Waals surface area contributed by atoms with Crippen molar-refractivity contribution in [2.24, 2.45) is 5.73 Å². The first-order chi connectivity index (χ1) is 6.68. The molecule has 0 aliphatic carbocycles. The van der Waals surface area contributed by atoms with Crippen molar-refractivity contribution in [1.82, 2.24) is 5.32 Å². The summed E-state index contributed by atoms with van der Waals surface area (Å²) in [5.41, 5.74) is 10.1. The Morgan fingerprint density at radius 1 is 1.21 bits per heavy atom. The van der Waals surface area contributed by atoms with Gasteiger partial charge < -0.3 is 11.1 Å². The standard InChI is InChI=1S/C12H18N2/c1-8-3-4-10(5-9(8)2)11-6-14-7-12(11)13/h3-5,11-12,14H,6-7,13H2,1-2H3. The first-order valence-electron chi connectivity index (χ1n) is 5.22. The summed E-state index contributed by atoms with van der Waals surface area (Å²) < 4.78 is 0. The topological polar surface area (TPSA) is 38.0 Å². The third-order valence-corrected chi connectivity index (χ3v) is 3.22. The second-order valence-corrected chi connectivity index (χ2v) is 4.27. The summed E-state index contributed by atoms with van der Waals surface area (Å²) in [6, 6.07) is 6.94.